The first-order valence-corrected chi connectivity index (χ1v) is 5.73. The summed E-state index contributed by atoms with van der Waals surface area (Å²) in [6, 6.07) is 5.05. The number of nitrogens with one attached hydrogen (secondary N) is 1. The van der Waals surface area contributed by atoms with Gasteiger partial charge in [-0.25, -0.2) is 0 Å². The smallest absolute Gasteiger partial charge is 0.283 e. The number of nitro benzene ring substituents is 1. The van der Waals surface area contributed by atoms with Crippen molar-refractivity contribution in [2.45, 2.75) is 6.04 Å². The van der Waals surface area contributed by atoms with Crippen molar-refractivity contribution in [2.75, 3.05) is 19.8 Å². The average Bonchev–Trinajstić information content (AvgIpc) is 2.30. The van der Waals surface area contributed by atoms with E-state index in [1.54, 1.807) is 6.07 Å². The summed E-state index contributed by atoms with van der Waals surface area (Å²) in [6.07, 6.45) is 0. The maximum Gasteiger partial charge on any atom is 0.283 e. The van der Waals surface area contributed by atoms with Gasteiger partial charge in [0.05, 0.1) is 24.2 Å². The first-order valence-electron chi connectivity index (χ1n) is 4.94. The highest BCUT2D eigenvalue weighted by Crippen LogP contribution is 2.32. The van der Waals surface area contributed by atoms with Crippen LogP contribution in [0.3, 0.4) is 0 Å². The molecule has 2 rings (SSSR count). The molecule has 1 saturated heterocycles. The van der Waals surface area contributed by atoms with Gasteiger partial charge >= 0.3 is 0 Å². The monoisotopic (exact) mass is 286 g/mol. The van der Waals surface area contributed by atoms with Crippen LogP contribution in [-0.2, 0) is 4.74 Å². The first-order chi connectivity index (χ1) is 7.70. The number of benzene rings is 1. The summed E-state index contributed by atoms with van der Waals surface area (Å²) in [4.78, 5) is 10.4. The number of halogens is 1. The Kier molecular flexibility index (Phi) is 3.52. The second kappa shape index (κ2) is 4.90. The van der Waals surface area contributed by atoms with Crippen LogP contribution < -0.4 is 5.32 Å². The number of hydrogen-bond donors (Lipinski definition) is 1. The number of morpholine rings is 1. The number of nitrogens with zero attached hydrogens (tertiary/aromatic N) is 1. The quantitative estimate of drug-likeness (QED) is 0.667. The zero-order valence-corrected chi connectivity index (χ0v) is 10.1. The second-order valence-corrected chi connectivity index (χ2v) is 4.31. The number of hydrogen-bond acceptors (Lipinski definition) is 4. The fraction of sp³-hybridized carbons (Fsp3) is 0.400. The molecular formula is C10H11BrN2O3. The largest absolute Gasteiger partial charge is 0.378 e. The van der Waals surface area contributed by atoms with E-state index in [9.17, 15) is 10.1 Å². The molecule has 1 aliphatic heterocycles. The molecule has 0 radical (unpaired) electrons. The molecule has 1 fully saturated rings. The summed E-state index contributed by atoms with van der Waals surface area (Å²) in [5.41, 5.74) is 0.957. The van der Waals surface area contributed by atoms with Gasteiger partial charge in [0.1, 0.15) is 4.47 Å². The van der Waals surface area contributed by atoms with Gasteiger partial charge in [0.25, 0.3) is 5.69 Å². The summed E-state index contributed by atoms with van der Waals surface area (Å²) in [5.74, 6) is 0. The lowest BCUT2D eigenvalue weighted by Gasteiger charge is -2.24. The van der Waals surface area contributed by atoms with Crippen LogP contribution in [0.25, 0.3) is 0 Å². The van der Waals surface area contributed by atoms with Crippen LogP contribution in [0.1, 0.15) is 11.6 Å². The van der Waals surface area contributed by atoms with E-state index in [4.69, 9.17) is 4.74 Å². The van der Waals surface area contributed by atoms with Gasteiger partial charge in [0, 0.05) is 12.6 Å². The molecule has 0 aliphatic carbocycles. The Hall–Kier alpha value is -0.980. The summed E-state index contributed by atoms with van der Waals surface area (Å²) < 4.78 is 5.87. The van der Waals surface area contributed by atoms with Crippen molar-refractivity contribution >= 4 is 21.6 Å². The third kappa shape index (κ3) is 2.23. The zero-order chi connectivity index (χ0) is 11.5. The van der Waals surface area contributed by atoms with Crippen LogP contribution >= 0.6 is 15.9 Å². The van der Waals surface area contributed by atoms with Crippen LogP contribution in [-0.4, -0.2) is 24.7 Å². The summed E-state index contributed by atoms with van der Waals surface area (Å²) in [5, 5.41) is 14.0. The fourth-order valence-electron chi connectivity index (χ4n) is 1.71. The molecule has 1 aromatic carbocycles. The van der Waals surface area contributed by atoms with Gasteiger partial charge < -0.3 is 10.1 Å². The Balaban J connectivity index is 2.33. The third-order valence-electron chi connectivity index (χ3n) is 2.50. The van der Waals surface area contributed by atoms with Crippen LogP contribution in [0.5, 0.6) is 0 Å². The molecule has 1 heterocycles. The molecule has 1 atom stereocenters. The molecule has 86 valence electrons. The standard InChI is InChI=1S/C10H11BrN2O3/c11-10-7(8-6-16-5-4-12-8)2-1-3-9(10)13(14)15/h1-3,8,12H,4-6H2. The zero-order valence-electron chi connectivity index (χ0n) is 8.48. The van der Waals surface area contributed by atoms with Gasteiger partial charge in [0.2, 0.25) is 0 Å². The van der Waals surface area contributed by atoms with Gasteiger partial charge in [-0.1, -0.05) is 12.1 Å². The van der Waals surface area contributed by atoms with Crippen LogP contribution in [0.4, 0.5) is 5.69 Å². The molecule has 1 aliphatic rings. The minimum atomic E-state index is -0.392. The Morgan fingerprint density at radius 3 is 3.00 bits per heavy atom. The highest BCUT2D eigenvalue weighted by atomic mass is 79.9. The van der Waals surface area contributed by atoms with E-state index in [1.165, 1.54) is 6.07 Å². The molecule has 0 aromatic heterocycles. The molecule has 6 heteroatoms. The minimum Gasteiger partial charge on any atom is -0.378 e. The van der Waals surface area contributed by atoms with Crippen LogP contribution in [0, 0.1) is 10.1 Å². The Labute approximate surface area is 101 Å². The molecule has 1 N–H and O–H groups in total. The maximum atomic E-state index is 10.8. The molecular weight excluding hydrogens is 276 g/mol. The van der Waals surface area contributed by atoms with Crippen molar-refractivity contribution in [3.05, 3.63) is 38.3 Å². The van der Waals surface area contributed by atoms with Gasteiger partial charge in [-0.2, -0.15) is 0 Å². The van der Waals surface area contributed by atoms with Crippen LogP contribution in [0.2, 0.25) is 0 Å². The van der Waals surface area contributed by atoms with Gasteiger partial charge in [0.15, 0.2) is 0 Å². The molecule has 1 aromatic rings. The summed E-state index contributed by atoms with van der Waals surface area (Å²) in [7, 11) is 0. The van der Waals surface area contributed by atoms with E-state index >= 15 is 0 Å². The highest BCUT2D eigenvalue weighted by molar-refractivity contribution is 9.10. The molecule has 0 spiro atoms. The van der Waals surface area contributed by atoms with Crippen molar-refractivity contribution in [2.24, 2.45) is 0 Å². The van der Waals surface area contributed by atoms with Crippen molar-refractivity contribution < 1.29 is 9.66 Å². The lowest BCUT2D eigenvalue weighted by Crippen LogP contribution is -2.34. The Morgan fingerprint density at radius 2 is 2.38 bits per heavy atom. The SMILES string of the molecule is O=[N+]([O-])c1cccc(C2COCCN2)c1Br. The molecule has 0 saturated carbocycles. The van der Waals surface area contributed by atoms with E-state index < -0.39 is 4.92 Å². The Bertz CT molecular complexity index is 405. The first kappa shape index (κ1) is 11.5. The lowest BCUT2D eigenvalue weighted by molar-refractivity contribution is -0.385. The van der Waals surface area contributed by atoms with E-state index in [-0.39, 0.29) is 11.7 Å². The average molecular weight is 287 g/mol. The normalized spacial score (nSPS) is 20.7. The molecule has 0 bridgehead atoms. The van der Waals surface area contributed by atoms with E-state index in [0.29, 0.717) is 17.7 Å². The number of nitro groups is 1. The van der Waals surface area contributed by atoms with E-state index in [2.05, 4.69) is 21.2 Å². The van der Waals surface area contributed by atoms with Gasteiger partial charge in [-0.15, -0.1) is 0 Å². The number of rotatable bonds is 2. The Morgan fingerprint density at radius 1 is 1.56 bits per heavy atom. The van der Waals surface area contributed by atoms with Crippen molar-refractivity contribution in [1.29, 1.82) is 0 Å². The summed E-state index contributed by atoms with van der Waals surface area (Å²) >= 11 is 3.28. The van der Waals surface area contributed by atoms with Crippen LogP contribution in [0.15, 0.2) is 22.7 Å². The molecule has 5 nitrogen and oxygen atoms in total. The maximum absolute atomic E-state index is 10.8. The predicted molar refractivity (Wildman–Crippen MR) is 62.4 cm³/mol. The summed E-state index contributed by atoms with van der Waals surface area (Å²) in [6.45, 7) is 1.99. The predicted octanol–water partition coefficient (Wildman–Crippen LogP) is 2.02. The molecule has 0 amide bonds. The van der Waals surface area contributed by atoms with Crippen molar-refractivity contribution in [3.63, 3.8) is 0 Å². The highest BCUT2D eigenvalue weighted by Gasteiger charge is 2.22. The van der Waals surface area contributed by atoms with E-state index in [1.807, 2.05) is 6.07 Å². The number of ether oxygens (including phenoxy) is 1. The second-order valence-electron chi connectivity index (χ2n) is 3.52. The van der Waals surface area contributed by atoms with Crippen molar-refractivity contribution in [3.8, 4) is 0 Å². The topological polar surface area (TPSA) is 64.4 Å². The molecule has 1 unspecified atom stereocenters. The third-order valence-corrected chi connectivity index (χ3v) is 3.37. The lowest BCUT2D eigenvalue weighted by atomic mass is 10.1. The van der Waals surface area contributed by atoms with Gasteiger partial charge in [-0.3, -0.25) is 10.1 Å². The van der Waals surface area contributed by atoms with E-state index in [0.717, 1.165) is 12.1 Å². The van der Waals surface area contributed by atoms with Crippen molar-refractivity contribution in [1.82, 2.24) is 5.32 Å². The molecule has 16 heavy (non-hydrogen) atoms. The van der Waals surface area contributed by atoms with Gasteiger partial charge in [-0.05, 0) is 21.5 Å². The minimum absolute atomic E-state index is 0.0167. The fourth-order valence-corrected chi connectivity index (χ4v) is 2.40.